The first kappa shape index (κ1) is 21.6. The molecule has 2 fully saturated rings. The summed E-state index contributed by atoms with van der Waals surface area (Å²) in [7, 11) is 0. The molecule has 2 heterocycles. The Hall–Kier alpha value is -3.93. The third-order valence-electron chi connectivity index (χ3n) is 6.76. The van der Waals surface area contributed by atoms with Crippen LogP contribution in [0, 0.1) is 0 Å². The van der Waals surface area contributed by atoms with E-state index in [9.17, 15) is 9.59 Å². The molecule has 3 unspecified atom stereocenters. The maximum absolute atomic E-state index is 14.5. The number of amides is 2. The number of anilines is 2. The van der Waals surface area contributed by atoms with Gasteiger partial charge in [-0.1, -0.05) is 90.5 Å². The van der Waals surface area contributed by atoms with E-state index in [0.29, 0.717) is 10.7 Å². The van der Waals surface area contributed by atoms with Crippen LogP contribution in [0.5, 0.6) is 0 Å². The minimum absolute atomic E-state index is 0.326. The molecule has 172 valence electrons. The lowest BCUT2D eigenvalue weighted by Crippen LogP contribution is -2.46. The molecule has 0 aliphatic carbocycles. The highest BCUT2D eigenvalue weighted by Crippen LogP contribution is 2.57. The molecular formula is C29H21ClN2O3. The zero-order valence-corrected chi connectivity index (χ0v) is 19.4. The maximum Gasteiger partial charge on any atom is 0.267 e. The molecule has 2 aliphatic heterocycles. The molecule has 4 aromatic rings. The first-order valence-corrected chi connectivity index (χ1v) is 11.8. The second-order valence-corrected chi connectivity index (χ2v) is 9.09. The van der Waals surface area contributed by atoms with Crippen molar-refractivity contribution in [1.82, 2.24) is 0 Å². The van der Waals surface area contributed by atoms with Gasteiger partial charge in [-0.3, -0.25) is 14.4 Å². The molecule has 2 amide bonds. The molecule has 6 rings (SSSR count). The van der Waals surface area contributed by atoms with Crippen LogP contribution in [0.25, 0.3) is 0 Å². The quantitative estimate of drug-likeness (QED) is 0.351. The van der Waals surface area contributed by atoms with Crippen LogP contribution in [0.2, 0.25) is 5.02 Å². The Morgan fingerprint density at radius 1 is 0.686 bits per heavy atom. The van der Waals surface area contributed by atoms with Crippen LogP contribution in [0.1, 0.15) is 17.2 Å². The minimum atomic E-state index is -1.30. The van der Waals surface area contributed by atoms with Crippen LogP contribution in [-0.2, 0) is 19.8 Å². The predicted octanol–water partition coefficient (Wildman–Crippen LogP) is 5.71. The first-order chi connectivity index (χ1) is 17.1. The number of hydroxylamine groups is 1. The monoisotopic (exact) mass is 480 g/mol. The van der Waals surface area contributed by atoms with Crippen molar-refractivity contribution < 1.29 is 14.4 Å². The van der Waals surface area contributed by atoms with Crippen molar-refractivity contribution in [3.8, 4) is 0 Å². The van der Waals surface area contributed by atoms with Crippen LogP contribution >= 0.6 is 11.6 Å². The Kier molecular flexibility index (Phi) is 5.17. The van der Waals surface area contributed by atoms with Crippen LogP contribution in [0.3, 0.4) is 0 Å². The average Bonchev–Trinajstić information content (AvgIpc) is 3.38. The van der Waals surface area contributed by atoms with E-state index in [1.54, 1.807) is 29.3 Å². The smallest absolute Gasteiger partial charge is 0.267 e. The summed E-state index contributed by atoms with van der Waals surface area (Å²) in [4.78, 5) is 36.2. The number of halogens is 1. The largest absolute Gasteiger partial charge is 0.273 e. The summed E-state index contributed by atoms with van der Waals surface area (Å²) in [5.74, 6) is -0.728. The van der Waals surface area contributed by atoms with Crippen LogP contribution in [-0.4, -0.2) is 17.9 Å². The number of nitrogens with zero attached hydrogens (tertiary/aromatic N) is 2. The molecular weight excluding hydrogens is 460 g/mol. The summed E-state index contributed by atoms with van der Waals surface area (Å²) in [6.07, 6.45) is -1.04. The molecule has 6 heteroatoms. The number of imide groups is 1. The van der Waals surface area contributed by atoms with Gasteiger partial charge >= 0.3 is 0 Å². The van der Waals surface area contributed by atoms with Crippen LogP contribution < -0.4 is 9.96 Å². The topological polar surface area (TPSA) is 49.9 Å². The molecule has 5 nitrogen and oxygen atoms in total. The maximum atomic E-state index is 14.5. The number of fused-ring (bicyclic) bond motifs is 1. The molecule has 0 aromatic heterocycles. The van der Waals surface area contributed by atoms with E-state index >= 15 is 0 Å². The van der Waals surface area contributed by atoms with Crippen molar-refractivity contribution in [2.75, 3.05) is 9.96 Å². The van der Waals surface area contributed by atoms with Gasteiger partial charge in [-0.25, -0.2) is 9.96 Å². The Bertz CT molecular complexity index is 1380. The number of rotatable bonds is 4. The summed E-state index contributed by atoms with van der Waals surface area (Å²) >= 11 is 6.08. The van der Waals surface area contributed by atoms with Crippen molar-refractivity contribution in [1.29, 1.82) is 0 Å². The average molecular weight is 481 g/mol. The molecule has 0 spiro atoms. The molecule has 0 N–H and O–H groups in total. The van der Waals surface area contributed by atoms with Gasteiger partial charge in [0.25, 0.3) is 5.91 Å². The highest BCUT2D eigenvalue weighted by atomic mass is 35.5. The van der Waals surface area contributed by atoms with Gasteiger partial charge in [0.15, 0.2) is 6.10 Å². The summed E-state index contributed by atoms with van der Waals surface area (Å²) in [6, 6.07) is 34.9. The molecule has 2 aliphatic rings. The minimum Gasteiger partial charge on any atom is -0.273 e. The standard InChI is InChI=1S/C29H21ClN2O3/c30-22-16-18-23(19-17-22)31-27(33)26-29(28(31)34,21-12-6-2-7-13-21)25(20-10-4-1-5-11-20)32(35-26)24-14-8-3-9-15-24/h1-19,25-26H. The molecule has 2 saturated heterocycles. The Morgan fingerprint density at radius 2 is 1.26 bits per heavy atom. The second kappa shape index (κ2) is 8.38. The highest BCUT2D eigenvalue weighted by Gasteiger charge is 2.72. The van der Waals surface area contributed by atoms with Gasteiger partial charge in [0.2, 0.25) is 5.91 Å². The van der Waals surface area contributed by atoms with Gasteiger partial charge in [-0.2, -0.15) is 0 Å². The van der Waals surface area contributed by atoms with E-state index in [2.05, 4.69) is 0 Å². The summed E-state index contributed by atoms with van der Waals surface area (Å²) < 4.78 is 0. The second-order valence-electron chi connectivity index (χ2n) is 8.65. The van der Waals surface area contributed by atoms with Crippen molar-refractivity contribution in [3.63, 3.8) is 0 Å². The van der Waals surface area contributed by atoms with Crippen molar-refractivity contribution in [3.05, 3.63) is 131 Å². The van der Waals surface area contributed by atoms with Crippen molar-refractivity contribution >= 4 is 34.8 Å². The van der Waals surface area contributed by atoms with E-state index in [0.717, 1.165) is 16.8 Å². The highest BCUT2D eigenvalue weighted by molar-refractivity contribution is 6.31. The number of carbonyl (C=O) groups is 2. The number of hydrogen-bond donors (Lipinski definition) is 0. The zero-order chi connectivity index (χ0) is 24.0. The number of benzene rings is 4. The van der Waals surface area contributed by atoms with Crippen molar-refractivity contribution in [2.45, 2.75) is 17.6 Å². The lowest BCUT2D eigenvalue weighted by Gasteiger charge is -2.35. The van der Waals surface area contributed by atoms with E-state index in [1.165, 1.54) is 4.90 Å². The fourth-order valence-corrected chi connectivity index (χ4v) is 5.38. The van der Waals surface area contributed by atoms with E-state index < -0.39 is 23.5 Å². The lowest BCUT2D eigenvalue weighted by atomic mass is 9.69. The number of carbonyl (C=O) groups excluding carboxylic acids is 2. The Labute approximate surface area is 208 Å². The fourth-order valence-electron chi connectivity index (χ4n) is 5.26. The van der Waals surface area contributed by atoms with E-state index in [1.807, 2.05) is 91.0 Å². The van der Waals surface area contributed by atoms with Gasteiger partial charge in [0.1, 0.15) is 11.5 Å². The van der Waals surface area contributed by atoms with Gasteiger partial charge in [-0.15, -0.1) is 0 Å². The van der Waals surface area contributed by atoms with Crippen molar-refractivity contribution in [2.24, 2.45) is 0 Å². The fraction of sp³-hybridized carbons (Fsp3) is 0.103. The van der Waals surface area contributed by atoms with Crippen LogP contribution in [0.15, 0.2) is 115 Å². The lowest BCUT2D eigenvalue weighted by molar-refractivity contribution is -0.126. The molecule has 0 saturated carbocycles. The molecule has 35 heavy (non-hydrogen) atoms. The normalized spacial score (nSPS) is 23.6. The molecule has 0 radical (unpaired) electrons. The molecule has 4 aromatic carbocycles. The number of para-hydroxylation sites is 1. The summed E-state index contributed by atoms with van der Waals surface area (Å²) in [5.41, 5.74) is 1.55. The van der Waals surface area contributed by atoms with E-state index in [-0.39, 0.29) is 5.91 Å². The predicted molar refractivity (Wildman–Crippen MR) is 135 cm³/mol. The SMILES string of the molecule is O=C1C2ON(c3ccccc3)C(c3ccccc3)C2(c2ccccc2)C(=O)N1c1ccc(Cl)cc1. The van der Waals surface area contributed by atoms with Gasteiger partial charge in [0, 0.05) is 5.02 Å². The Morgan fingerprint density at radius 3 is 1.89 bits per heavy atom. The first-order valence-electron chi connectivity index (χ1n) is 11.4. The third kappa shape index (κ3) is 3.20. The third-order valence-corrected chi connectivity index (χ3v) is 7.01. The van der Waals surface area contributed by atoms with Gasteiger partial charge in [-0.05, 0) is 47.5 Å². The summed E-state index contributed by atoms with van der Waals surface area (Å²) in [5, 5.41) is 2.25. The van der Waals surface area contributed by atoms with Crippen LogP contribution in [0.4, 0.5) is 11.4 Å². The van der Waals surface area contributed by atoms with Gasteiger partial charge < -0.3 is 0 Å². The zero-order valence-electron chi connectivity index (χ0n) is 18.6. The van der Waals surface area contributed by atoms with E-state index in [4.69, 9.17) is 16.4 Å². The van der Waals surface area contributed by atoms with Gasteiger partial charge in [0.05, 0.1) is 11.4 Å². The molecule has 0 bridgehead atoms. The molecule has 3 atom stereocenters. The number of hydrogen-bond acceptors (Lipinski definition) is 4. The summed E-state index contributed by atoms with van der Waals surface area (Å²) in [6.45, 7) is 0. The Balaban J connectivity index is 1.61.